The van der Waals surface area contributed by atoms with Gasteiger partial charge >= 0.3 is 5.97 Å². The molecule has 3 fully saturated rings. The van der Waals surface area contributed by atoms with Crippen molar-refractivity contribution in [2.45, 2.75) is 105 Å². The second kappa shape index (κ2) is 11.8. The lowest BCUT2D eigenvalue weighted by molar-refractivity contribution is -0.137. The lowest BCUT2D eigenvalue weighted by Crippen LogP contribution is -2.53. The zero-order chi connectivity index (χ0) is 30.4. The van der Waals surface area contributed by atoms with Gasteiger partial charge in [-0.25, -0.2) is 13.2 Å². The third kappa shape index (κ3) is 6.14. The predicted molar refractivity (Wildman–Crippen MR) is 170 cm³/mol. The van der Waals surface area contributed by atoms with Crippen LogP contribution < -0.4 is 0 Å². The maximum Gasteiger partial charge on any atom is 0.345 e. The Morgan fingerprint density at radius 1 is 1.05 bits per heavy atom. The third-order valence-corrected chi connectivity index (χ3v) is 12.7. The third-order valence-electron chi connectivity index (χ3n) is 12.2. The molecule has 6 nitrogen and oxygen atoms in total. The zero-order valence-corrected chi connectivity index (χ0v) is 27.4. The van der Waals surface area contributed by atoms with Crippen molar-refractivity contribution in [3.63, 3.8) is 0 Å². The van der Waals surface area contributed by atoms with E-state index in [1.54, 1.807) is 0 Å². The summed E-state index contributed by atoms with van der Waals surface area (Å²) in [6.07, 6.45) is 21.0. The maximum atomic E-state index is 13.1. The molecule has 4 unspecified atom stereocenters. The first-order valence-corrected chi connectivity index (χ1v) is 18.3. The number of allylic oxidation sites excluding steroid dienone is 5. The molecule has 5 aliphatic carbocycles. The van der Waals surface area contributed by atoms with Crippen molar-refractivity contribution in [3.8, 4) is 0 Å². The molecule has 5 aliphatic rings. The standard InChI is InChI=1S/C35H52N2O4S/c1-22(2)8-7-9-23(3)29-13-14-30-27-12-10-24-20-26(16-18-34(24,4)31(27)17-19-35(29,30)5)41-33(38)28-21-25(11-15-32(28)36)37-42(6,39)40/h11,15-16,21-24,27,29-31,36H,7-10,12-14,17-20H2,1-6H3/t23-,24?,27?,29-,30?,31?,34+,35-/m1/s1. The number of carbonyl (C=O) groups excluding carboxylic acids is 1. The number of nitrogens with zero attached hydrogens (tertiary/aromatic N) is 1. The number of esters is 1. The number of carbonyl (C=O) groups is 1. The number of sulfonamides is 1. The molecule has 0 aromatic heterocycles. The van der Waals surface area contributed by atoms with Crippen LogP contribution in [0, 0.1) is 57.7 Å². The summed E-state index contributed by atoms with van der Waals surface area (Å²) >= 11 is 0. The molecule has 0 amide bonds. The zero-order valence-electron chi connectivity index (χ0n) is 26.6. The second-order valence-corrected chi connectivity index (χ2v) is 16.9. The van der Waals surface area contributed by atoms with Crippen molar-refractivity contribution < 1.29 is 17.9 Å². The van der Waals surface area contributed by atoms with E-state index in [4.69, 9.17) is 10.1 Å². The number of hydrogen-bond acceptors (Lipinski definition) is 5. The molecule has 1 N–H and O–H groups in total. The second-order valence-electron chi connectivity index (χ2n) is 15.2. The van der Waals surface area contributed by atoms with Crippen LogP contribution in [-0.2, 0) is 19.6 Å². The summed E-state index contributed by atoms with van der Waals surface area (Å²) in [7, 11) is -3.61. The molecular weight excluding hydrogens is 544 g/mol. The monoisotopic (exact) mass is 596 g/mol. The van der Waals surface area contributed by atoms with Crippen LogP contribution in [0.15, 0.2) is 40.0 Å². The highest BCUT2D eigenvalue weighted by Crippen LogP contribution is 2.68. The van der Waals surface area contributed by atoms with E-state index in [1.807, 2.05) is 0 Å². The van der Waals surface area contributed by atoms with Crippen molar-refractivity contribution in [2.75, 3.05) is 6.26 Å². The van der Waals surface area contributed by atoms with Gasteiger partial charge in [0.05, 0.1) is 23.3 Å². The molecule has 0 aliphatic heterocycles. The minimum absolute atomic E-state index is 0.00331. The summed E-state index contributed by atoms with van der Waals surface area (Å²) in [5.74, 6) is 5.44. The van der Waals surface area contributed by atoms with Gasteiger partial charge in [0.25, 0.3) is 10.0 Å². The van der Waals surface area contributed by atoms with Crippen LogP contribution in [0.2, 0.25) is 0 Å². The van der Waals surface area contributed by atoms with Crippen molar-refractivity contribution in [2.24, 2.45) is 56.7 Å². The first kappa shape index (κ1) is 31.4. The highest BCUT2D eigenvalue weighted by Gasteiger charge is 2.60. The normalized spacial score (nSPS) is 37.9. The lowest BCUT2D eigenvalue weighted by Gasteiger charge is -2.60. The summed E-state index contributed by atoms with van der Waals surface area (Å²) in [5.41, 5.74) is 0.892. The lowest BCUT2D eigenvalue weighted by atomic mass is 9.45. The highest BCUT2D eigenvalue weighted by atomic mass is 32.2. The Morgan fingerprint density at radius 2 is 1.79 bits per heavy atom. The molecular formula is C35H52N2O4S. The Labute approximate surface area is 254 Å². The van der Waals surface area contributed by atoms with Gasteiger partial charge in [-0.2, -0.15) is 4.40 Å². The number of ether oxygens (including phenoxy) is 1. The van der Waals surface area contributed by atoms with E-state index < -0.39 is 16.0 Å². The first-order valence-electron chi connectivity index (χ1n) is 16.4. The minimum atomic E-state index is -3.61. The van der Waals surface area contributed by atoms with E-state index in [0.717, 1.165) is 54.6 Å². The summed E-state index contributed by atoms with van der Waals surface area (Å²) < 4.78 is 32.7. The van der Waals surface area contributed by atoms with Gasteiger partial charge in [0, 0.05) is 6.42 Å². The molecule has 5 rings (SSSR count). The number of hydrogen-bond donors (Lipinski definition) is 1. The van der Waals surface area contributed by atoms with Crippen LogP contribution in [-0.4, -0.2) is 32.1 Å². The minimum Gasteiger partial charge on any atom is -0.428 e. The average Bonchev–Trinajstić information content (AvgIpc) is 3.26. The quantitative estimate of drug-likeness (QED) is 0.226. The van der Waals surface area contributed by atoms with Gasteiger partial charge in [-0.3, -0.25) is 5.41 Å². The largest absolute Gasteiger partial charge is 0.428 e. The fraction of sp³-hybridized carbons (Fsp3) is 0.743. The maximum absolute atomic E-state index is 13.1. The van der Waals surface area contributed by atoms with E-state index in [2.05, 4.69) is 45.1 Å². The van der Waals surface area contributed by atoms with E-state index in [9.17, 15) is 13.2 Å². The number of fused-ring (bicyclic) bond motifs is 5. The summed E-state index contributed by atoms with van der Waals surface area (Å²) in [5, 5.41) is 8.18. The fourth-order valence-electron chi connectivity index (χ4n) is 10.1. The van der Waals surface area contributed by atoms with Crippen molar-refractivity contribution in [1.82, 2.24) is 0 Å². The molecule has 232 valence electrons. The van der Waals surface area contributed by atoms with Crippen molar-refractivity contribution in [3.05, 3.63) is 35.6 Å². The molecule has 0 aromatic rings. The Kier molecular flexibility index (Phi) is 8.84. The molecule has 7 heteroatoms. The summed E-state index contributed by atoms with van der Waals surface area (Å²) in [6.45, 7) is 12.4. The molecule has 3 saturated carbocycles. The van der Waals surface area contributed by atoms with E-state index in [1.165, 1.54) is 76.0 Å². The average molecular weight is 597 g/mol. The summed E-state index contributed by atoms with van der Waals surface area (Å²) in [4.78, 5) is 13.1. The van der Waals surface area contributed by atoms with Gasteiger partial charge in [0.1, 0.15) is 5.76 Å². The van der Waals surface area contributed by atoms with Crippen molar-refractivity contribution in [1.29, 1.82) is 5.41 Å². The first-order chi connectivity index (χ1) is 19.7. The molecule has 0 radical (unpaired) electrons. The van der Waals surface area contributed by atoms with Crippen LogP contribution in [0.1, 0.15) is 105 Å². The van der Waals surface area contributed by atoms with Crippen molar-refractivity contribution >= 4 is 27.4 Å². The molecule has 0 saturated heterocycles. The van der Waals surface area contributed by atoms with Gasteiger partial charge in [-0.1, -0.05) is 53.9 Å². The van der Waals surface area contributed by atoms with Gasteiger partial charge in [0.2, 0.25) is 0 Å². The van der Waals surface area contributed by atoms with E-state index >= 15 is 0 Å². The Bertz CT molecular complexity index is 1320. The van der Waals surface area contributed by atoms with Crippen LogP contribution in [0.3, 0.4) is 0 Å². The number of nitrogens with one attached hydrogen (secondary N) is 1. The van der Waals surface area contributed by atoms with E-state index in [0.29, 0.717) is 17.1 Å². The fourth-order valence-corrected chi connectivity index (χ4v) is 10.6. The van der Waals surface area contributed by atoms with Crippen LogP contribution in [0.5, 0.6) is 0 Å². The molecule has 8 atom stereocenters. The topological polar surface area (TPSA) is 96.7 Å². The van der Waals surface area contributed by atoms with Gasteiger partial charge in [0.15, 0.2) is 0 Å². The van der Waals surface area contributed by atoms with Crippen LogP contribution in [0.4, 0.5) is 0 Å². The van der Waals surface area contributed by atoms with E-state index in [-0.39, 0.29) is 22.4 Å². The Balaban J connectivity index is 1.26. The molecule has 42 heavy (non-hydrogen) atoms. The van der Waals surface area contributed by atoms with Crippen LogP contribution in [0.25, 0.3) is 0 Å². The molecule has 0 spiro atoms. The SMILES string of the molecule is CC(C)CCC[C@@H](C)[C@H]1CCC2C3CCC4CC(OC(=O)C5=CC(=NS(C)(=O)=O)C=CC5=N)=CC[C@]4(C)C3CC[C@@]21C. The highest BCUT2D eigenvalue weighted by molar-refractivity contribution is 7.89. The number of rotatable bonds is 8. The molecule has 0 heterocycles. The smallest absolute Gasteiger partial charge is 0.345 e. The van der Waals surface area contributed by atoms with Crippen LogP contribution >= 0.6 is 0 Å². The Morgan fingerprint density at radius 3 is 2.50 bits per heavy atom. The molecule has 0 aromatic carbocycles. The van der Waals surface area contributed by atoms with Gasteiger partial charge in [-0.05, 0) is 122 Å². The summed E-state index contributed by atoms with van der Waals surface area (Å²) in [6, 6.07) is 0. The van der Waals surface area contributed by atoms with Gasteiger partial charge < -0.3 is 4.74 Å². The molecule has 0 bridgehead atoms. The Hall–Kier alpha value is -2.02. The van der Waals surface area contributed by atoms with Gasteiger partial charge in [-0.15, -0.1) is 0 Å². The predicted octanol–water partition coefficient (Wildman–Crippen LogP) is 8.06.